The summed E-state index contributed by atoms with van der Waals surface area (Å²) in [4.78, 5) is 92.8. The Kier molecular flexibility index (Phi) is 23.1. The smallest absolute Gasteiger partial charge is 0.243 e. The number of carbonyl (C=O) groups is 7. The quantitative estimate of drug-likeness (QED) is 0.0683. The van der Waals surface area contributed by atoms with E-state index in [1.165, 1.54) is 13.8 Å². The first-order chi connectivity index (χ1) is 24.4. The van der Waals surface area contributed by atoms with E-state index >= 15 is 0 Å². The second kappa shape index (κ2) is 26.0. The number of amides is 7. The van der Waals surface area contributed by atoms with Gasteiger partial charge in [-0.15, -0.1) is 0 Å². The summed E-state index contributed by atoms with van der Waals surface area (Å²) in [7, 11) is 0. The van der Waals surface area contributed by atoms with Gasteiger partial charge in [0.2, 0.25) is 41.4 Å². The van der Waals surface area contributed by atoms with Crippen LogP contribution in [0.4, 0.5) is 0 Å². The van der Waals surface area contributed by atoms with Crippen LogP contribution in [0.5, 0.6) is 0 Å². The van der Waals surface area contributed by atoms with Gasteiger partial charge in [0.1, 0.15) is 36.3 Å². The van der Waals surface area contributed by atoms with Crippen molar-refractivity contribution >= 4 is 41.4 Å². The van der Waals surface area contributed by atoms with Gasteiger partial charge in [-0.05, 0) is 117 Å². The van der Waals surface area contributed by atoms with Crippen LogP contribution in [-0.2, 0) is 33.6 Å². The predicted octanol–water partition coefficient (Wildman–Crippen LogP) is -1.58. The summed E-state index contributed by atoms with van der Waals surface area (Å²) in [6, 6.07) is -6.39. The van der Waals surface area contributed by atoms with Crippen molar-refractivity contribution in [3.63, 3.8) is 0 Å². The maximum absolute atomic E-state index is 13.8. The van der Waals surface area contributed by atoms with Crippen molar-refractivity contribution in [3.05, 3.63) is 0 Å². The van der Waals surface area contributed by atoms with Crippen molar-refractivity contribution in [2.45, 2.75) is 147 Å². The Hall–Kier alpha value is -3.83. The lowest BCUT2D eigenvalue weighted by Gasteiger charge is -2.28. The van der Waals surface area contributed by atoms with Gasteiger partial charge >= 0.3 is 0 Å². The molecule has 1 aliphatic rings. The van der Waals surface area contributed by atoms with Gasteiger partial charge in [0, 0.05) is 13.0 Å². The largest absolute Gasteiger partial charge is 0.356 e. The summed E-state index contributed by atoms with van der Waals surface area (Å²) >= 11 is 0. The molecule has 0 spiro atoms. The lowest BCUT2D eigenvalue weighted by Crippen LogP contribution is -2.60. The number of rotatable bonds is 19. The van der Waals surface area contributed by atoms with Crippen LogP contribution in [0.3, 0.4) is 0 Å². The zero-order chi connectivity index (χ0) is 38.2. The SMILES string of the molecule is CCCC(=O)NCCCC[C@H]1NC(=O)[C@H](CCCCN)NC(=O)[C@@H](C)NC(=O)[C@H](CCCCN)NC(=O)[C@@H](C)NC(=O)[C@H](CCCCN)NC1=O. The van der Waals surface area contributed by atoms with Crippen molar-refractivity contribution in [1.29, 1.82) is 0 Å². The summed E-state index contributed by atoms with van der Waals surface area (Å²) in [5.74, 6) is -3.77. The van der Waals surface area contributed by atoms with E-state index < -0.39 is 71.7 Å². The number of unbranched alkanes of at least 4 members (excludes halogenated alkanes) is 4. The van der Waals surface area contributed by atoms with Gasteiger partial charge in [-0.3, -0.25) is 33.6 Å². The first-order valence-electron chi connectivity index (χ1n) is 18.6. The van der Waals surface area contributed by atoms with Crippen LogP contribution in [-0.4, -0.2) is 104 Å². The van der Waals surface area contributed by atoms with Crippen molar-refractivity contribution in [2.24, 2.45) is 17.2 Å². The molecule has 0 aliphatic carbocycles. The molecule has 1 rings (SSSR count). The van der Waals surface area contributed by atoms with Gasteiger partial charge in [-0.25, -0.2) is 0 Å². The Balaban J connectivity index is 3.45. The van der Waals surface area contributed by atoms with E-state index in [0.29, 0.717) is 90.4 Å². The molecule has 7 amide bonds. The molecule has 0 radical (unpaired) electrons. The Morgan fingerprint density at radius 2 is 0.824 bits per heavy atom. The van der Waals surface area contributed by atoms with E-state index in [9.17, 15) is 33.6 Å². The molecular weight excluding hydrogens is 660 g/mol. The minimum atomic E-state index is -1.09. The van der Waals surface area contributed by atoms with E-state index in [2.05, 4.69) is 37.2 Å². The van der Waals surface area contributed by atoms with Gasteiger partial charge in [-0.2, -0.15) is 0 Å². The highest BCUT2D eigenvalue weighted by Crippen LogP contribution is 2.10. The molecule has 13 N–H and O–H groups in total. The Morgan fingerprint density at radius 1 is 0.510 bits per heavy atom. The highest BCUT2D eigenvalue weighted by Gasteiger charge is 2.33. The number of nitrogens with one attached hydrogen (secondary N) is 7. The molecule has 1 aliphatic heterocycles. The number of hydrogen-bond acceptors (Lipinski definition) is 10. The fraction of sp³-hybridized carbons (Fsp3) is 0.794. The van der Waals surface area contributed by atoms with Crippen LogP contribution in [0.1, 0.15) is 111 Å². The molecule has 0 bridgehead atoms. The highest BCUT2D eigenvalue weighted by atomic mass is 16.2. The van der Waals surface area contributed by atoms with Crippen LogP contribution in [0.15, 0.2) is 0 Å². The molecule has 1 saturated heterocycles. The highest BCUT2D eigenvalue weighted by molar-refractivity contribution is 5.98. The minimum Gasteiger partial charge on any atom is -0.356 e. The second-order valence-corrected chi connectivity index (χ2v) is 13.2. The van der Waals surface area contributed by atoms with E-state index in [-0.39, 0.29) is 31.6 Å². The van der Waals surface area contributed by atoms with Gasteiger partial charge in [0.25, 0.3) is 0 Å². The molecule has 1 heterocycles. The fourth-order valence-electron chi connectivity index (χ4n) is 5.47. The maximum atomic E-state index is 13.8. The molecule has 0 aromatic rings. The molecule has 0 unspecified atom stereocenters. The van der Waals surface area contributed by atoms with Crippen LogP contribution in [0, 0.1) is 0 Å². The topological polar surface area (TPSA) is 282 Å². The molecular formula is C34H64N10O7. The molecule has 1 fully saturated rings. The molecule has 292 valence electrons. The lowest BCUT2D eigenvalue weighted by molar-refractivity contribution is -0.136. The number of carbonyl (C=O) groups excluding carboxylic acids is 7. The number of nitrogens with two attached hydrogens (primary N) is 3. The summed E-state index contributed by atoms with van der Waals surface area (Å²) < 4.78 is 0. The molecule has 51 heavy (non-hydrogen) atoms. The summed E-state index contributed by atoms with van der Waals surface area (Å²) in [5, 5.41) is 19.0. The maximum Gasteiger partial charge on any atom is 0.243 e. The zero-order valence-electron chi connectivity index (χ0n) is 30.8. The summed E-state index contributed by atoms with van der Waals surface area (Å²) in [5.41, 5.74) is 17.0. The molecule has 0 aromatic heterocycles. The first kappa shape index (κ1) is 45.2. The van der Waals surface area contributed by atoms with Crippen molar-refractivity contribution in [2.75, 3.05) is 26.2 Å². The summed E-state index contributed by atoms with van der Waals surface area (Å²) in [6.45, 7) is 6.35. The Labute approximate surface area is 302 Å². The average molecular weight is 725 g/mol. The van der Waals surface area contributed by atoms with Crippen LogP contribution in [0.25, 0.3) is 0 Å². The fourth-order valence-corrected chi connectivity index (χ4v) is 5.47. The Bertz CT molecular complexity index is 1120. The van der Waals surface area contributed by atoms with Gasteiger partial charge in [0.15, 0.2) is 0 Å². The van der Waals surface area contributed by atoms with Crippen molar-refractivity contribution in [1.82, 2.24) is 37.2 Å². The number of hydrogen-bond donors (Lipinski definition) is 10. The Morgan fingerprint density at radius 3 is 1.16 bits per heavy atom. The average Bonchev–Trinajstić information content (AvgIpc) is 3.09. The normalized spacial score (nSPS) is 24.2. The van der Waals surface area contributed by atoms with Crippen LogP contribution < -0.4 is 54.4 Å². The lowest BCUT2D eigenvalue weighted by atomic mass is 10.0. The third-order valence-electron chi connectivity index (χ3n) is 8.60. The zero-order valence-corrected chi connectivity index (χ0v) is 30.8. The molecule has 17 nitrogen and oxygen atoms in total. The standard InChI is InChI=1S/C34H64N10O7/c1-4-13-28(45)38-21-12-8-17-27-34(51)43-25(15-6-10-19-36)32(49)40-22(2)29(46)41-24(14-5-9-18-35)31(48)39-23(3)30(47)42-26(33(50)44-27)16-7-11-20-37/h22-27H,4-21,35-37H2,1-3H3,(H,38,45)(H,39,48)(H,40,49)(H,41,46)(H,42,47)(H,43,51)(H,44,50)/t22-,23-,24+,25+,26+,27-/m1/s1. The van der Waals surface area contributed by atoms with Crippen LogP contribution >= 0.6 is 0 Å². The van der Waals surface area contributed by atoms with Crippen molar-refractivity contribution < 1.29 is 33.6 Å². The van der Waals surface area contributed by atoms with Gasteiger partial charge in [0.05, 0.1) is 0 Å². The van der Waals surface area contributed by atoms with E-state index in [4.69, 9.17) is 17.2 Å². The van der Waals surface area contributed by atoms with Crippen LogP contribution in [0.2, 0.25) is 0 Å². The predicted molar refractivity (Wildman–Crippen MR) is 193 cm³/mol. The third kappa shape index (κ3) is 18.3. The third-order valence-corrected chi connectivity index (χ3v) is 8.60. The van der Waals surface area contributed by atoms with Crippen molar-refractivity contribution in [3.8, 4) is 0 Å². The van der Waals surface area contributed by atoms with Gasteiger partial charge < -0.3 is 54.4 Å². The minimum absolute atomic E-state index is 0.0717. The molecule has 0 saturated carbocycles. The molecule has 17 heteroatoms. The van der Waals surface area contributed by atoms with E-state index in [1.54, 1.807) is 0 Å². The first-order valence-corrected chi connectivity index (χ1v) is 18.6. The monoisotopic (exact) mass is 724 g/mol. The molecule has 0 aromatic carbocycles. The van der Waals surface area contributed by atoms with E-state index in [0.717, 1.165) is 0 Å². The van der Waals surface area contributed by atoms with E-state index in [1.807, 2.05) is 6.92 Å². The second-order valence-electron chi connectivity index (χ2n) is 13.2. The summed E-state index contributed by atoms with van der Waals surface area (Å²) in [6.07, 6.45) is 6.24. The molecule has 6 atom stereocenters. The van der Waals surface area contributed by atoms with Gasteiger partial charge in [-0.1, -0.05) is 6.92 Å².